The Morgan fingerprint density at radius 3 is 3.00 bits per heavy atom. The number of amides is 1. The van der Waals surface area contributed by atoms with E-state index in [4.69, 9.17) is 11.6 Å². The molecule has 2 heterocycles. The van der Waals surface area contributed by atoms with Crippen molar-refractivity contribution in [3.05, 3.63) is 41.3 Å². The van der Waals surface area contributed by atoms with Gasteiger partial charge >= 0.3 is 0 Å². The topological polar surface area (TPSA) is 46.4 Å². The number of imidazole rings is 1. The van der Waals surface area contributed by atoms with Crippen LogP contribution in [0, 0.1) is 0 Å². The van der Waals surface area contributed by atoms with E-state index < -0.39 is 0 Å². The lowest BCUT2D eigenvalue weighted by Gasteiger charge is -2.08. The molecule has 0 unspecified atom stereocenters. The van der Waals surface area contributed by atoms with Crippen LogP contribution in [0.2, 0.25) is 5.15 Å². The molecule has 4 nitrogen and oxygen atoms in total. The maximum absolute atomic E-state index is 11.9. The minimum absolute atomic E-state index is 0.0705. The standard InChI is InChI=1S/C15H16ClN3O/c16-15-12(19-10-4-3-7-13(19)18-15)8-9-14(20)17-11-5-1-2-6-11/h3-4,7-11H,1-2,5-6H2,(H,17,20)/b9-8+. The van der Waals surface area contributed by atoms with Crippen LogP contribution in [0.1, 0.15) is 31.4 Å². The van der Waals surface area contributed by atoms with Crippen LogP contribution in [0.3, 0.4) is 0 Å². The first-order chi connectivity index (χ1) is 9.74. The third-order valence-corrected chi connectivity index (χ3v) is 3.89. The smallest absolute Gasteiger partial charge is 0.244 e. The molecule has 2 aromatic heterocycles. The fourth-order valence-corrected chi connectivity index (χ4v) is 2.85. The average molecular weight is 290 g/mol. The van der Waals surface area contributed by atoms with Crippen molar-refractivity contribution in [2.45, 2.75) is 31.7 Å². The first-order valence-corrected chi connectivity index (χ1v) is 7.23. The van der Waals surface area contributed by atoms with Gasteiger partial charge in [-0.1, -0.05) is 30.5 Å². The lowest BCUT2D eigenvalue weighted by molar-refractivity contribution is -0.117. The van der Waals surface area contributed by atoms with Gasteiger partial charge in [0.25, 0.3) is 0 Å². The molecule has 1 N–H and O–H groups in total. The molecule has 0 aliphatic heterocycles. The molecule has 3 rings (SSSR count). The molecule has 0 radical (unpaired) electrons. The SMILES string of the molecule is O=C(/C=C/c1c(Cl)nc2ccccn12)NC1CCCC1. The Hall–Kier alpha value is -1.81. The Balaban J connectivity index is 1.76. The molecule has 0 atom stereocenters. The highest BCUT2D eigenvalue weighted by atomic mass is 35.5. The van der Waals surface area contributed by atoms with Crippen molar-refractivity contribution < 1.29 is 4.79 Å². The number of nitrogens with one attached hydrogen (secondary N) is 1. The highest BCUT2D eigenvalue weighted by Crippen LogP contribution is 2.19. The Labute approximate surface area is 122 Å². The van der Waals surface area contributed by atoms with Crippen LogP contribution in [0.5, 0.6) is 0 Å². The molecule has 0 aromatic carbocycles. The number of carbonyl (C=O) groups is 1. The van der Waals surface area contributed by atoms with Crippen LogP contribution in [0.15, 0.2) is 30.5 Å². The van der Waals surface area contributed by atoms with Gasteiger partial charge in [0.2, 0.25) is 5.91 Å². The molecule has 1 fully saturated rings. The summed E-state index contributed by atoms with van der Waals surface area (Å²) in [6.45, 7) is 0. The molecular formula is C15H16ClN3O. The molecule has 20 heavy (non-hydrogen) atoms. The second-order valence-corrected chi connectivity index (χ2v) is 5.40. The quantitative estimate of drug-likeness (QED) is 0.883. The number of hydrogen-bond donors (Lipinski definition) is 1. The van der Waals surface area contributed by atoms with E-state index in [0.29, 0.717) is 11.2 Å². The van der Waals surface area contributed by atoms with Crippen LogP contribution in [-0.4, -0.2) is 21.3 Å². The molecule has 1 saturated carbocycles. The minimum atomic E-state index is -0.0705. The normalized spacial score (nSPS) is 16.2. The van der Waals surface area contributed by atoms with Crippen LogP contribution < -0.4 is 5.32 Å². The van der Waals surface area contributed by atoms with Gasteiger partial charge in [-0.15, -0.1) is 0 Å². The number of nitrogens with zero attached hydrogens (tertiary/aromatic N) is 2. The molecular weight excluding hydrogens is 274 g/mol. The zero-order valence-electron chi connectivity index (χ0n) is 11.1. The van der Waals surface area contributed by atoms with Crippen LogP contribution >= 0.6 is 11.6 Å². The van der Waals surface area contributed by atoms with E-state index in [1.807, 2.05) is 28.8 Å². The van der Waals surface area contributed by atoms with E-state index in [2.05, 4.69) is 10.3 Å². The Bertz CT molecular complexity index is 656. The van der Waals surface area contributed by atoms with Crippen molar-refractivity contribution in [2.75, 3.05) is 0 Å². The van der Waals surface area contributed by atoms with E-state index in [-0.39, 0.29) is 5.91 Å². The number of rotatable bonds is 3. The van der Waals surface area contributed by atoms with Crippen LogP contribution in [0.4, 0.5) is 0 Å². The van der Waals surface area contributed by atoms with Gasteiger partial charge in [0.05, 0.1) is 5.69 Å². The van der Waals surface area contributed by atoms with E-state index in [1.165, 1.54) is 18.9 Å². The average Bonchev–Trinajstić information content (AvgIpc) is 3.03. The summed E-state index contributed by atoms with van der Waals surface area (Å²) in [5, 5.41) is 3.41. The molecule has 0 saturated heterocycles. The molecule has 2 aromatic rings. The van der Waals surface area contributed by atoms with Crippen molar-refractivity contribution in [3.63, 3.8) is 0 Å². The number of aromatic nitrogens is 2. The monoisotopic (exact) mass is 289 g/mol. The van der Waals surface area contributed by atoms with Crippen molar-refractivity contribution in [3.8, 4) is 0 Å². The number of fused-ring (bicyclic) bond motifs is 1. The molecule has 1 amide bonds. The highest BCUT2D eigenvalue weighted by molar-refractivity contribution is 6.31. The van der Waals surface area contributed by atoms with Crippen molar-refractivity contribution in [1.29, 1.82) is 0 Å². The third-order valence-electron chi connectivity index (χ3n) is 3.62. The Morgan fingerprint density at radius 1 is 1.40 bits per heavy atom. The maximum atomic E-state index is 11.9. The van der Waals surface area contributed by atoms with Crippen molar-refractivity contribution >= 4 is 29.2 Å². The summed E-state index contributed by atoms with van der Waals surface area (Å²) >= 11 is 6.11. The van der Waals surface area contributed by atoms with Gasteiger partial charge < -0.3 is 5.32 Å². The largest absolute Gasteiger partial charge is 0.350 e. The van der Waals surface area contributed by atoms with Crippen LogP contribution in [0.25, 0.3) is 11.7 Å². The van der Waals surface area contributed by atoms with Gasteiger partial charge in [0, 0.05) is 18.3 Å². The van der Waals surface area contributed by atoms with Crippen molar-refractivity contribution in [1.82, 2.24) is 14.7 Å². The first kappa shape index (κ1) is 13.2. The lowest BCUT2D eigenvalue weighted by atomic mass is 10.2. The van der Waals surface area contributed by atoms with Gasteiger partial charge in [-0.2, -0.15) is 0 Å². The van der Waals surface area contributed by atoms with Gasteiger partial charge in [-0.05, 0) is 31.1 Å². The summed E-state index contributed by atoms with van der Waals surface area (Å²) < 4.78 is 1.86. The second-order valence-electron chi connectivity index (χ2n) is 5.04. The van der Waals surface area contributed by atoms with Crippen molar-refractivity contribution in [2.24, 2.45) is 0 Å². The molecule has 1 aliphatic rings. The van der Waals surface area contributed by atoms with Gasteiger partial charge in [0.1, 0.15) is 5.65 Å². The molecule has 0 spiro atoms. The molecule has 104 valence electrons. The first-order valence-electron chi connectivity index (χ1n) is 6.85. The number of pyridine rings is 1. The van der Waals surface area contributed by atoms with E-state index in [1.54, 1.807) is 6.08 Å². The highest BCUT2D eigenvalue weighted by Gasteiger charge is 2.16. The summed E-state index contributed by atoms with van der Waals surface area (Å²) in [6, 6.07) is 6.01. The van der Waals surface area contributed by atoms with Crippen LogP contribution in [-0.2, 0) is 4.79 Å². The minimum Gasteiger partial charge on any atom is -0.350 e. The number of halogens is 1. The second kappa shape index (κ2) is 5.67. The summed E-state index contributed by atoms with van der Waals surface area (Å²) in [5.41, 5.74) is 1.50. The summed E-state index contributed by atoms with van der Waals surface area (Å²) in [6.07, 6.45) is 9.68. The lowest BCUT2D eigenvalue weighted by Crippen LogP contribution is -2.30. The van der Waals surface area contributed by atoms with Gasteiger partial charge in [-0.25, -0.2) is 4.98 Å². The Kier molecular flexibility index (Phi) is 3.74. The van der Waals surface area contributed by atoms with Gasteiger partial charge in [0.15, 0.2) is 5.15 Å². The predicted molar refractivity (Wildman–Crippen MR) is 79.6 cm³/mol. The number of hydrogen-bond acceptors (Lipinski definition) is 2. The van der Waals surface area contributed by atoms with E-state index in [0.717, 1.165) is 24.2 Å². The van der Waals surface area contributed by atoms with E-state index in [9.17, 15) is 4.79 Å². The molecule has 1 aliphatic carbocycles. The van der Waals surface area contributed by atoms with E-state index >= 15 is 0 Å². The summed E-state index contributed by atoms with van der Waals surface area (Å²) in [4.78, 5) is 16.1. The fraction of sp³-hybridized carbons (Fsp3) is 0.333. The van der Waals surface area contributed by atoms with Gasteiger partial charge in [-0.3, -0.25) is 9.20 Å². The number of carbonyl (C=O) groups excluding carboxylic acids is 1. The zero-order valence-corrected chi connectivity index (χ0v) is 11.8. The predicted octanol–water partition coefficient (Wildman–Crippen LogP) is 3.06. The molecule has 0 bridgehead atoms. The fourth-order valence-electron chi connectivity index (χ4n) is 2.61. The maximum Gasteiger partial charge on any atom is 0.244 e. The Morgan fingerprint density at radius 2 is 2.20 bits per heavy atom. The zero-order chi connectivity index (χ0) is 13.9. The summed E-state index contributed by atoms with van der Waals surface area (Å²) in [5.74, 6) is -0.0705. The molecule has 5 heteroatoms. The summed E-state index contributed by atoms with van der Waals surface area (Å²) in [7, 11) is 0. The third kappa shape index (κ3) is 2.70.